The fraction of sp³-hybridized carbons (Fsp3) is 0.250. The summed E-state index contributed by atoms with van der Waals surface area (Å²) >= 11 is 0. The Labute approximate surface area is 123 Å². The molecule has 0 unspecified atom stereocenters. The number of nitrogens with zero attached hydrogens (tertiary/aromatic N) is 2. The van der Waals surface area contributed by atoms with Crippen LogP contribution in [0.25, 0.3) is 11.0 Å². The first-order chi connectivity index (χ1) is 10.2. The van der Waals surface area contributed by atoms with Gasteiger partial charge in [-0.2, -0.15) is 4.98 Å². The first kappa shape index (κ1) is 13.4. The molecule has 0 saturated carbocycles. The zero-order valence-electron chi connectivity index (χ0n) is 12.2. The molecule has 2 aromatic heterocycles. The van der Waals surface area contributed by atoms with Crippen LogP contribution in [0.5, 0.6) is 5.75 Å². The Bertz CT molecular complexity index is 762. The van der Waals surface area contributed by atoms with Gasteiger partial charge in [-0.05, 0) is 43.0 Å². The summed E-state index contributed by atoms with van der Waals surface area (Å²) in [5, 5.41) is 1.08. The molecule has 0 spiro atoms. The van der Waals surface area contributed by atoms with E-state index in [1.165, 1.54) is 11.1 Å². The second kappa shape index (κ2) is 5.44. The molecule has 0 fully saturated rings. The highest BCUT2D eigenvalue weighted by atomic mass is 16.5. The molecule has 21 heavy (non-hydrogen) atoms. The molecule has 5 heteroatoms. The van der Waals surface area contributed by atoms with Gasteiger partial charge in [-0.1, -0.05) is 12.1 Å². The molecule has 5 nitrogen and oxygen atoms in total. The van der Waals surface area contributed by atoms with E-state index in [0.717, 1.165) is 35.3 Å². The van der Waals surface area contributed by atoms with Gasteiger partial charge < -0.3 is 15.5 Å². The molecule has 0 aliphatic heterocycles. The van der Waals surface area contributed by atoms with E-state index >= 15 is 0 Å². The van der Waals surface area contributed by atoms with Crippen LogP contribution in [0.1, 0.15) is 16.8 Å². The van der Waals surface area contributed by atoms with E-state index in [9.17, 15) is 0 Å². The number of aromatic amines is 1. The number of rotatable bonds is 4. The predicted octanol–water partition coefficient (Wildman–Crippen LogP) is 2.64. The van der Waals surface area contributed by atoms with E-state index in [4.69, 9.17) is 10.5 Å². The van der Waals surface area contributed by atoms with Crippen molar-refractivity contribution < 1.29 is 4.74 Å². The molecule has 0 bridgehead atoms. The third-order valence-electron chi connectivity index (χ3n) is 3.65. The average Bonchev–Trinajstić information content (AvgIpc) is 2.89. The lowest BCUT2D eigenvalue weighted by Crippen LogP contribution is -1.98. The van der Waals surface area contributed by atoms with Crippen LogP contribution in [0.2, 0.25) is 0 Å². The second-order valence-electron chi connectivity index (χ2n) is 5.05. The summed E-state index contributed by atoms with van der Waals surface area (Å²) in [6.45, 7) is 1.96. The van der Waals surface area contributed by atoms with Crippen LogP contribution in [0.15, 0.2) is 30.5 Å². The summed E-state index contributed by atoms with van der Waals surface area (Å²) in [4.78, 5) is 11.6. The van der Waals surface area contributed by atoms with Crippen LogP contribution in [-0.4, -0.2) is 22.1 Å². The molecule has 0 amide bonds. The molecule has 3 N–H and O–H groups in total. The maximum absolute atomic E-state index is 5.67. The van der Waals surface area contributed by atoms with E-state index in [1.54, 1.807) is 7.11 Å². The zero-order valence-corrected chi connectivity index (χ0v) is 12.2. The third-order valence-corrected chi connectivity index (χ3v) is 3.65. The van der Waals surface area contributed by atoms with E-state index in [-0.39, 0.29) is 0 Å². The summed E-state index contributed by atoms with van der Waals surface area (Å²) in [5.74, 6) is 1.19. The lowest BCUT2D eigenvalue weighted by Gasteiger charge is -2.04. The minimum atomic E-state index is 0.309. The number of fused-ring (bicyclic) bond motifs is 1. The van der Waals surface area contributed by atoms with Crippen molar-refractivity contribution in [3.63, 3.8) is 0 Å². The number of anilines is 1. The predicted molar refractivity (Wildman–Crippen MR) is 83.4 cm³/mol. The Balaban J connectivity index is 1.81. The topological polar surface area (TPSA) is 76.8 Å². The normalized spacial score (nSPS) is 11.0. The van der Waals surface area contributed by atoms with Gasteiger partial charge in [-0.15, -0.1) is 0 Å². The fourth-order valence-corrected chi connectivity index (χ4v) is 2.58. The highest BCUT2D eigenvalue weighted by molar-refractivity contribution is 5.82. The van der Waals surface area contributed by atoms with Crippen molar-refractivity contribution in [3.8, 4) is 5.75 Å². The Morgan fingerprint density at radius 3 is 2.62 bits per heavy atom. The number of nitrogens with two attached hydrogens (primary N) is 1. The minimum Gasteiger partial charge on any atom is -0.497 e. The number of hydrogen-bond acceptors (Lipinski definition) is 4. The maximum atomic E-state index is 5.67. The molecule has 3 rings (SSSR count). The monoisotopic (exact) mass is 282 g/mol. The van der Waals surface area contributed by atoms with Crippen LogP contribution in [0.3, 0.4) is 0 Å². The van der Waals surface area contributed by atoms with Crippen LogP contribution < -0.4 is 10.5 Å². The van der Waals surface area contributed by atoms with E-state index in [2.05, 4.69) is 27.1 Å². The molecular weight excluding hydrogens is 264 g/mol. The van der Waals surface area contributed by atoms with Gasteiger partial charge in [-0.3, -0.25) is 0 Å². The molecule has 1 aromatic carbocycles. The van der Waals surface area contributed by atoms with Gasteiger partial charge >= 0.3 is 0 Å². The number of aryl methyl sites for hydroxylation is 3. The lowest BCUT2D eigenvalue weighted by atomic mass is 10.0. The highest BCUT2D eigenvalue weighted by Crippen LogP contribution is 2.22. The van der Waals surface area contributed by atoms with Gasteiger partial charge in [0.15, 0.2) is 0 Å². The molecule has 3 aromatic rings. The quantitative estimate of drug-likeness (QED) is 0.771. The van der Waals surface area contributed by atoms with E-state index in [0.29, 0.717) is 5.95 Å². The zero-order chi connectivity index (χ0) is 14.8. The summed E-state index contributed by atoms with van der Waals surface area (Å²) in [6.07, 6.45) is 3.89. The van der Waals surface area contributed by atoms with Crippen molar-refractivity contribution in [2.24, 2.45) is 0 Å². The van der Waals surface area contributed by atoms with Crippen molar-refractivity contribution in [1.82, 2.24) is 15.0 Å². The Hall–Kier alpha value is -2.56. The average molecular weight is 282 g/mol. The van der Waals surface area contributed by atoms with Gasteiger partial charge in [0.1, 0.15) is 11.4 Å². The number of nitrogens with one attached hydrogen (secondary N) is 1. The van der Waals surface area contributed by atoms with E-state index < -0.39 is 0 Å². The number of hydrogen-bond donors (Lipinski definition) is 2. The summed E-state index contributed by atoms with van der Waals surface area (Å²) in [5.41, 5.74) is 9.90. The first-order valence-electron chi connectivity index (χ1n) is 6.90. The standard InChI is InChI=1S/C16H18N4O/c1-10-14-12(9-18-15(14)20-16(17)19-10)6-3-11-4-7-13(21-2)8-5-11/h4-5,7-9H,3,6H2,1-2H3,(H3,17,18,19,20). The molecular formula is C16H18N4O. The van der Waals surface area contributed by atoms with Crippen molar-refractivity contribution in [2.75, 3.05) is 12.8 Å². The molecule has 0 aliphatic rings. The number of nitrogen functional groups attached to an aromatic ring is 1. The van der Waals surface area contributed by atoms with Gasteiger partial charge in [0.05, 0.1) is 12.8 Å². The van der Waals surface area contributed by atoms with Crippen molar-refractivity contribution >= 4 is 17.0 Å². The number of methoxy groups -OCH3 is 1. The number of benzene rings is 1. The molecule has 0 atom stereocenters. The number of H-pyrrole nitrogens is 1. The SMILES string of the molecule is COc1ccc(CCc2c[nH]c3nc(N)nc(C)c23)cc1. The lowest BCUT2D eigenvalue weighted by molar-refractivity contribution is 0.414. The summed E-state index contributed by atoms with van der Waals surface area (Å²) in [6, 6.07) is 8.16. The van der Waals surface area contributed by atoms with Gasteiger partial charge in [0, 0.05) is 11.6 Å². The molecule has 2 heterocycles. The number of aromatic nitrogens is 3. The molecule has 0 radical (unpaired) electrons. The fourth-order valence-electron chi connectivity index (χ4n) is 2.58. The van der Waals surface area contributed by atoms with Crippen LogP contribution in [-0.2, 0) is 12.8 Å². The molecule has 0 saturated heterocycles. The van der Waals surface area contributed by atoms with Gasteiger partial charge in [0.25, 0.3) is 0 Å². The third kappa shape index (κ3) is 2.67. The minimum absolute atomic E-state index is 0.309. The Kier molecular flexibility index (Phi) is 3.48. The second-order valence-corrected chi connectivity index (χ2v) is 5.05. The van der Waals surface area contributed by atoms with Crippen molar-refractivity contribution in [3.05, 3.63) is 47.3 Å². The number of ether oxygens (including phenoxy) is 1. The van der Waals surface area contributed by atoms with E-state index in [1.807, 2.05) is 25.3 Å². The molecule has 0 aliphatic carbocycles. The van der Waals surface area contributed by atoms with Crippen LogP contribution >= 0.6 is 0 Å². The molecule has 108 valence electrons. The maximum Gasteiger partial charge on any atom is 0.222 e. The van der Waals surface area contributed by atoms with Crippen LogP contribution in [0.4, 0.5) is 5.95 Å². The summed E-state index contributed by atoms with van der Waals surface area (Å²) in [7, 11) is 1.68. The van der Waals surface area contributed by atoms with Gasteiger partial charge in [-0.25, -0.2) is 4.98 Å². The Morgan fingerprint density at radius 2 is 1.90 bits per heavy atom. The van der Waals surface area contributed by atoms with Gasteiger partial charge in [0.2, 0.25) is 5.95 Å². The van der Waals surface area contributed by atoms with Crippen molar-refractivity contribution in [2.45, 2.75) is 19.8 Å². The highest BCUT2D eigenvalue weighted by Gasteiger charge is 2.10. The Morgan fingerprint density at radius 1 is 1.14 bits per heavy atom. The first-order valence-corrected chi connectivity index (χ1v) is 6.90. The van der Waals surface area contributed by atoms with Crippen LogP contribution in [0, 0.1) is 6.92 Å². The van der Waals surface area contributed by atoms with Crippen molar-refractivity contribution in [1.29, 1.82) is 0 Å². The summed E-state index contributed by atoms with van der Waals surface area (Å²) < 4.78 is 5.17. The smallest absolute Gasteiger partial charge is 0.222 e. The largest absolute Gasteiger partial charge is 0.497 e.